The van der Waals surface area contributed by atoms with Gasteiger partial charge in [0.05, 0.1) is 5.92 Å². The van der Waals surface area contributed by atoms with Crippen LogP contribution in [-0.2, 0) is 16.1 Å². The molecule has 1 aromatic rings. The Balaban J connectivity index is 1.76. The van der Waals surface area contributed by atoms with E-state index >= 15 is 0 Å². The highest BCUT2D eigenvalue weighted by Gasteiger charge is 2.29. The van der Waals surface area contributed by atoms with Crippen LogP contribution >= 0.6 is 0 Å². The van der Waals surface area contributed by atoms with Crippen LogP contribution in [-0.4, -0.2) is 18.4 Å². The van der Waals surface area contributed by atoms with Gasteiger partial charge in [-0.25, -0.2) is 0 Å². The van der Waals surface area contributed by atoms with E-state index in [1.807, 2.05) is 30.3 Å². The molecule has 1 aromatic carbocycles. The van der Waals surface area contributed by atoms with E-state index in [0.29, 0.717) is 13.0 Å². The number of hydrogen-bond donors (Lipinski definition) is 2. The Kier molecular flexibility index (Phi) is 3.31. The maximum Gasteiger partial charge on any atom is 0.231 e. The fourth-order valence-electron chi connectivity index (χ4n) is 1.76. The number of carbonyl (C=O) groups is 2. The highest BCUT2D eigenvalue weighted by molar-refractivity contribution is 6.03. The maximum absolute atomic E-state index is 11.3. The van der Waals surface area contributed by atoms with E-state index < -0.39 is 0 Å². The first-order valence-electron chi connectivity index (χ1n) is 5.34. The SMILES string of the molecule is O=C1CC(CNCc2ccccc2)C(=O)N1. The van der Waals surface area contributed by atoms with Crippen LogP contribution in [0.3, 0.4) is 0 Å². The van der Waals surface area contributed by atoms with Gasteiger partial charge in [-0.3, -0.25) is 14.9 Å². The zero-order chi connectivity index (χ0) is 11.4. The Labute approximate surface area is 94.0 Å². The maximum atomic E-state index is 11.3. The lowest BCUT2D eigenvalue weighted by molar-refractivity contribution is -0.125. The van der Waals surface area contributed by atoms with E-state index in [4.69, 9.17) is 0 Å². The molecule has 0 spiro atoms. The van der Waals surface area contributed by atoms with Gasteiger partial charge in [0.2, 0.25) is 11.8 Å². The zero-order valence-corrected chi connectivity index (χ0v) is 8.90. The predicted molar refractivity (Wildman–Crippen MR) is 59.4 cm³/mol. The Morgan fingerprint density at radius 1 is 1.25 bits per heavy atom. The normalized spacial score (nSPS) is 19.9. The molecule has 1 atom stereocenters. The summed E-state index contributed by atoms with van der Waals surface area (Å²) in [5.41, 5.74) is 1.17. The Morgan fingerprint density at radius 2 is 2.00 bits per heavy atom. The molecule has 1 unspecified atom stereocenters. The Bertz CT molecular complexity index is 389. The number of amides is 2. The highest BCUT2D eigenvalue weighted by Crippen LogP contribution is 2.09. The molecule has 4 nitrogen and oxygen atoms in total. The summed E-state index contributed by atoms with van der Waals surface area (Å²) in [6.07, 6.45) is 0.306. The van der Waals surface area contributed by atoms with Gasteiger partial charge in [-0.15, -0.1) is 0 Å². The number of rotatable bonds is 4. The van der Waals surface area contributed by atoms with Crippen LogP contribution in [0.2, 0.25) is 0 Å². The fourth-order valence-corrected chi connectivity index (χ4v) is 1.76. The molecule has 1 heterocycles. The minimum absolute atomic E-state index is 0.162. The van der Waals surface area contributed by atoms with Crippen LogP contribution in [0.4, 0.5) is 0 Å². The second-order valence-electron chi connectivity index (χ2n) is 3.93. The van der Waals surface area contributed by atoms with Crippen molar-refractivity contribution in [2.24, 2.45) is 5.92 Å². The lowest BCUT2D eigenvalue weighted by Gasteiger charge is -2.07. The monoisotopic (exact) mass is 218 g/mol. The van der Waals surface area contributed by atoms with Gasteiger partial charge in [0.1, 0.15) is 0 Å². The average Bonchev–Trinajstić information content (AvgIpc) is 2.59. The summed E-state index contributed by atoms with van der Waals surface area (Å²) < 4.78 is 0. The Hall–Kier alpha value is -1.68. The molecule has 0 aromatic heterocycles. The van der Waals surface area contributed by atoms with Crippen molar-refractivity contribution in [3.05, 3.63) is 35.9 Å². The molecule has 16 heavy (non-hydrogen) atoms. The topological polar surface area (TPSA) is 58.2 Å². The van der Waals surface area contributed by atoms with Gasteiger partial charge in [0.25, 0.3) is 0 Å². The van der Waals surface area contributed by atoms with Crippen LogP contribution in [0.15, 0.2) is 30.3 Å². The number of hydrogen-bond acceptors (Lipinski definition) is 3. The van der Waals surface area contributed by atoms with Crippen molar-refractivity contribution in [2.45, 2.75) is 13.0 Å². The second-order valence-corrected chi connectivity index (χ2v) is 3.93. The largest absolute Gasteiger partial charge is 0.312 e. The minimum atomic E-state index is -0.212. The molecule has 0 bridgehead atoms. The van der Waals surface area contributed by atoms with Crippen molar-refractivity contribution >= 4 is 11.8 Å². The first-order chi connectivity index (χ1) is 7.75. The van der Waals surface area contributed by atoms with E-state index in [9.17, 15) is 9.59 Å². The molecule has 0 saturated carbocycles. The van der Waals surface area contributed by atoms with Gasteiger partial charge >= 0.3 is 0 Å². The van der Waals surface area contributed by atoms with Gasteiger partial charge < -0.3 is 5.32 Å². The molecule has 1 aliphatic heterocycles. The van der Waals surface area contributed by atoms with Crippen LogP contribution in [0.25, 0.3) is 0 Å². The summed E-state index contributed by atoms with van der Waals surface area (Å²) in [5.74, 6) is -0.543. The summed E-state index contributed by atoms with van der Waals surface area (Å²) in [6.45, 7) is 1.27. The summed E-state index contributed by atoms with van der Waals surface area (Å²) in [7, 11) is 0. The lowest BCUT2D eigenvalue weighted by atomic mass is 10.1. The van der Waals surface area contributed by atoms with Crippen molar-refractivity contribution in [1.82, 2.24) is 10.6 Å². The molecule has 0 aliphatic carbocycles. The summed E-state index contributed by atoms with van der Waals surface area (Å²) in [5, 5.41) is 5.48. The number of benzene rings is 1. The first kappa shape index (κ1) is 10.8. The van der Waals surface area contributed by atoms with Crippen molar-refractivity contribution < 1.29 is 9.59 Å². The third-order valence-electron chi connectivity index (χ3n) is 2.63. The molecule has 1 aliphatic rings. The van der Waals surface area contributed by atoms with Crippen LogP contribution < -0.4 is 10.6 Å². The second kappa shape index (κ2) is 4.90. The minimum Gasteiger partial charge on any atom is -0.312 e. The quantitative estimate of drug-likeness (QED) is 0.721. The number of imide groups is 1. The smallest absolute Gasteiger partial charge is 0.231 e. The third-order valence-corrected chi connectivity index (χ3v) is 2.63. The summed E-state index contributed by atoms with van der Waals surface area (Å²) in [4.78, 5) is 22.2. The van der Waals surface area contributed by atoms with Gasteiger partial charge in [-0.2, -0.15) is 0 Å². The van der Waals surface area contributed by atoms with Gasteiger partial charge in [0.15, 0.2) is 0 Å². The van der Waals surface area contributed by atoms with E-state index in [1.165, 1.54) is 5.56 Å². The van der Waals surface area contributed by atoms with E-state index in [1.54, 1.807) is 0 Å². The molecule has 4 heteroatoms. The standard InChI is InChI=1S/C12H14N2O2/c15-11-6-10(12(16)14-11)8-13-7-9-4-2-1-3-5-9/h1-5,10,13H,6-8H2,(H,14,15,16). The van der Waals surface area contributed by atoms with Gasteiger partial charge in [-0.05, 0) is 5.56 Å². The molecule has 2 rings (SSSR count). The Morgan fingerprint density at radius 3 is 2.62 bits per heavy atom. The third kappa shape index (κ3) is 2.67. The molecular weight excluding hydrogens is 204 g/mol. The molecule has 1 fully saturated rings. The van der Waals surface area contributed by atoms with Crippen LogP contribution in [0, 0.1) is 5.92 Å². The highest BCUT2D eigenvalue weighted by atomic mass is 16.2. The molecular formula is C12H14N2O2. The van der Waals surface area contributed by atoms with Crippen LogP contribution in [0.1, 0.15) is 12.0 Å². The number of carbonyl (C=O) groups excluding carboxylic acids is 2. The van der Waals surface area contributed by atoms with E-state index in [-0.39, 0.29) is 17.7 Å². The van der Waals surface area contributed by atoms with E-state index in [2.05, 4.69) is 10.6 Å². The molecule has 0 radical (unpaired) electrons. The first-order valence-corrected chi connectivity index (χ1v) is 5.34. The lowest BCUT2D eigenvalue weighted by Crippen LogP contribution is -2.29. The zero-order valence-electron chi connectivity index (χ0n) is 8.90. The van der Waals surface area contributed by atoms with Crippen molar-refractivity contribution in [3.8, 4) is 0 Å². The summed E-state index contributed by atoms with van der Waals surface area (Å²) in [6, 6.07) is 9.96. The van der Waals surface area contributed by atoms with Crippen molar-refractivity contribution in [1.29, 1.82) is 0 Å². The van der Waals surface area contributed by atoms with Crippen molar-refractivity contribution in [2.75, 3.05) is 6.54 Å². The fraction of sp³-hybridized carbons (Fsp3) is 0.333. The molecule has 1 saturated heterocycles. The van der Waals surface area contributed by atoms with Gasteiger partial charge in [0, 0.05) is 19.5 Å². The molecule has 2 amide bonds. The number of nitrogens with one attached hydrogen (secondary N) is 2. The predicted octanol–water partition coefficient (Wildman–Crippen LogP) is 0.439. The van der Waals surface area contributed by atoms with Crippen LogP contribution in [0.5, 0.6) is 0 Å². The average molecular weight is 218 g/mol. The van der Waals surface area contributed by atoms with Gasteiger partial charge in [-0.1, -0.05) is 30.3 Å². The van der Waals surface area contributed by atoms with Crippen molar-refractivity contribution in [3.63, 3.8) is 0 Å². The van der Waals surface area contributed by atoms with E-state index in [0.717, 1.165) is 6.54 Å². The summed E-state index contributed by atoms with van der Waals surface area (Å²) >= 11 is 0. The molecule has 2 N–H and O–H groups in total. The molecule has 84 valence electrons.